The SMILES string of the molecule is CN(C)CCCC[C@H]1C(=O)N(Cc2ccc(F)cc2)C[C@@H]2N(C(=O)OCc3cc(C(F)(F)F)cc(C(F)(F)F)c3)CCC(=O)N21. The molecule has 2 heterocycles. The van der Waals surface area contributed by atoms with Crippen molar-refractivity contribution in [3.63, 3.8) is 0 Å². The average Bonchev–Trinajstić information content (AvgIpc) is 2.95. The standard InChI is InChI=1S/C30H33F7N4O4/c1-38(2)11-4-3-5-24-27(43)39(16-19-6-8-23(31)9-7-19)17-25-40(12-10-26(42)41(24)25)28(44)45-18-20-13-21(29(32,33)34)15-22(14-20)30(35,36)37/h6-9,13-15,24-25H,3-5,10-12,16-18H2,1-2H3/t24-,25+/m0/s1. The third-order valence-corrected chi connectivity index (χ3v) is 7.72. The minimum atomic E-state index is -5.07. The fourth-order valence-electron chi connectivity index (χ4n) is 5.52. The van der Waals surface area contributed by atoms with Gasteiger partial charge in [0.25, 0.3) is 0 Å². The molecule has 45 heavy (non-hydrogen) atoms. The predicted octanol–water partition coefficient (Wildman–Crippen LogP) is 5.50. The van der Waals surface area contributed by atoms with E-state index in [-0.39, 0.29) is 43.9 Å². The molecule has 0 N–H and O–H groups in total. The van der Waals surface area contributed by atoms with E-state index in [1.807, 2.05) is 19.0 Å². The van der Waals surface area contributed by atoms with E-state index in [2.05, 4.69) is 0 Å². The lowest BCUT2D eigenvalue weighted by molar-refractivity contribution is -0.169. The first-order chi connectivity index (χ1) is 21.0. The Labute approximate surface area is 255 Å². The van der Waals surface area contributed by atoms with Crippen LogP contribution >= 0.6 is 0 Å². The van der Waals surface area contributed by atoms with E-state index in [4.69, 9.17) is 4.74 Å². The Morgan fingerprint density at radius 1 is 0.933 bits per heavy atom. The molecule has 2 aliphatic heterocycles. The fraction of sp³-hybridized carbons (Fsp3) is 0.500. The molecular weight excluding hydrogens is 613 g/mol. The van der Waals surface area contributed by atoms with Crippen molar-refractivity contribution in [1.82, 2.24) is 19.6 Å². The second-order valence-corrected chi connectivity index (χ2v) is 11.4. The van der Waals surface area contributed by atoms with Crippen LogP contribution in [-0.4, -0.2) is 83.4 Å². The number of hydrogen-bond donors (Lipinski definition) is 0. The van der Waals surface area contributed by atoms with Gasteiger partial charge in [-0.05, 0) is 81.4 Å². The van der Waals surface area contributed by atoms with Gasteiger partial charge in [0.1, 0.15) is 24.6 Å². The average molecular weight is 647 g/mol. The van der Waals surface area contributed by atoms with Crippen molar-refractivity contribution in [3.05, 3.63) is 70.5 Å². The monoisotopic (exact) mass is 646 g/mol. The lowest BCUT2D eigenvalue weighted by Gasteiger charge is -2.52. The van der Waals surface area contributed by atoms with Crippen LogP contribution in [-0.2, 0) is 39.8 Å². The molecule has 8 nitrogen and oxygen atoms in total. The van der Waals surface area contributed by atoms with Crippen molar-refractivity contribution in [1.29, 1.82) is 0 Å². The molecule has 246 valence electrons. The number of nitrogens with zero attached hydrogens (tertiary/aromatic N) is 4. The molecule has 2 fully saturated rings. The van der Waals surface area contributed by atoms with Crippen LogP contribution in [0.4, 0.5) is 35.5 Å². The topological polar surface area (TPSA) is 73.4 Å². The molecule has 0 radical (unpaired) electrons. The number of benzene rings is 2. The summed E-state index contributed by atoms with van der Waals surface area (Å²) in [6.45, 7) is -0.371. The van der Waals surface area contributed by atoms with E-state index < -0.39 is 59.8 Å². The van der Waals surface area contributed by atoms with E-state index in [1.165, 1.54) is 34.1 Å². The van der Waals surface area contributed by atoms with Crippen LogP contribution in [0.25, 0.3) is 0 Å². The number of fused-ring (bicyclic) bond motifs is 1. The van der Waals surface area contributed by atoms with Gasteiger partial charge in [0.05, 0.1) is 17.7 Å². The Balaban J connectivity index is 1.57. The Morgan fingerprint density at radius 2 is 1.56 bits per heavy atom. The summed E-state index contributed by atoms with van der Waals surface area (Å²) < 4.78 is 98.5. The highest BCUT2D eigenvalue weighted by atomic mass is 19.4. The van der Waals surface area contributed by atoms with E-state index in [0.717, 1.165) is 17.9 Å². The summed E-state index contributed by atoms with van der Waals surface area (Å²) in [5.41, 5.74) is -3.01. The maximum absolute atomic E-state index is 13.7. The molecule has 0 unspecified atom stereocenters. The molecule has 2 aliphatic rings. The first-order valence-electron chi connectivity index (χ1n) is 14.3. The summed E-state index contributed by atoms with van der Waals surface area (Å²) in [6.07, 6.45) is -10.8. The lowest BCUT2D eigenvalue weighted by Crippen LogP contribution is -2.71. The van der Waals surface area contributed by atoms with Gasteiger partial charge in [0, 0.05) is 19.5 Å². The Hall–Kier alpha value is -3.88. The second-order valence-electron chi connectivity index (χ2n) is 11.4. The van der Waals surface area contributed by atoms with Crippen LogP contribution in [0.5, 0.6) is 0 Å². The van der Waals surface area contributed by atoms with Crippen molar-refractivity contribution >= 4 is 17.9 Å². The van der Waals surface area contributed by atoms with Crippen molar-refractivity contribution in [2.24, 2.45) is 0 Å². The minimum Gasteiger partial charge on any atom is -0.444 e. The molecule has 2 saturated heterocycles. The molecule has 15 heteroatoms. The highest BCUT2D eigenvalue weighted by Crippen LogP contribution is 2.37. The number of carbonyl (C=O) groups is 3. The maximum Gasteiger partial charge on any atom is 0.416 e. The van der Waals surface area contributed by atoms with E-state index in [1.54, 1.807) is 0 Å². The summed E-state index contributed by atoms with van der Waals surface area (Å²) in [5.74, 6) is -1.19. The Morgan fingerprint density at radius 3 is 2.13 bits per heavy atom. The number of unbranched alkanes of at least 4 members (excludes halogenated alkanes) is 1. The van der Waals surface area contributed by atoms with E-state index in [0.29, 0.717) is 30.5 Å². The number of hydrogen-bond acceptors (Lipinski definition) is 5. The normalized spacial score (nSPS) is 19.3. The molecule has 3 amide bonds. The summed E-state index contributed by atoms with van der Waals surface area (Å²) in [4.78, 5) is 46.0. The van der Waals surface area contributed by atoms with Crippen LogP contribution in [0.1, 0.15) is 47.9 Å². The van der Waals surface area contributed by atoms with Gasteiger partial charge in [-0.15, -0.1) is 0 Å². The van der Waals surface area contributed by atoms with Crippen LogP contribution in [0.2, 0.25) is 0 Å². The molecule has 0 saturated carbocycles. The number of ether oxygens (including phenoxy) is 1. The summed E-state index contributed by atoms with van der Waals surface area (Å²) in [5, 5.41) is 0. The third kappa shape index (κ3) is 8.44. The molecule has 0 aromatic heterocycles. The van der Waals surface area contributed by atoms with Crippen LogP contribution in [0.15, 0.2) is 42.5 Å². The van der Waals surface area contributed by atoms with Gasteiger partial charge >= 0.3 is 18.4 Å². The van der Waals surface area contributed by atoms with Gasteiger partial charge in [-0.2, -0.15) is 26.3 Å². The van der Waals surface area contributed by atoms with Crippen molar-refractivity contribution in [3.8, 4) is 0 Å². The molecule has 2 atom stereocenters. The van der Waals surface area contributed by atoms with Gasteiger partial charge in [0.2, 0.25) is 11.8 Å². The van der Waals surface area contributed by atoms with E-state index >= 15 is 0 Å². The van der Waals surface area contributed by atoms with Crippen LogP contribution < -0.4 is 0 Å². The van der Waals surface area contributed by atoms with Gasteiger partial charge < -0.3 is 19.4 Å². The zero-order valence-corrected chi connectivity index (χ0v) is 24.6. The highest BCUT2D eigenvalue weighted by Gasteiger charge is 2.49. The van der Waals surface area contributed by atoms with Crippen LogP contribution in [0.3, 0.4) is 0 Å². The summed E-state index contributed by atoms with van der Waals surface area (Å²) >= 11 is 0. The largest absolute Gasteiger partial charge is 0.444 e. The molecule has 0 bridgehead atoms. The quantitative estimate of drug-likeness (QED) is 0.266. The van der Waals surface area contributed by atoms with Crippen molar-refractivity contribution < 1.29 is 49.9 Å². The number of rotatable bonds is 9. The maximum atomic E-state index is 13.7. The van der Waals surface area contributed by atoms with Crippen molar-refractivity contribution in [2.45, 2.75) is 63.4 Å². The molecule has 2 aromatic rings. The van der Waals surface area contributed by atoms with E-state index in [9.17, 15) is 45.1 Å². The molecule has 0 spiro atoms. The minimum absolute atomic E-state index is 0.0210. The number of carbonyl (C=O) groups excluding carboxylic acids is 3. The Kier molecular flexibility index (Phi) is 10.3. The molecule has 2 aromatic carbocycles. The predicted molar refractivity (Wildman–Crippen MR) is 147 cm³/mol. The van der Waals surface area contributed by atoms with Crippen molar-refractivity contribution in [2.75, 3.05) is 33.7 Å². The molecular formula is C30H33F7N4O4. The van der Waals surface area contributed by atoms with Gasteiger partial charge in [-0.3, -0.25) is 14.5 Å². The second kappa shape index (κ2) is 13.6. The first kappa shape index (κ1) is 34.0. The molecule has 0 aliphatic carbocycles. The van der Waals surface area contributed by atoms with Gasteiger partial charge in [-0.1, -0.05) is 12.1 Å². The summed E-state index contributed by atoms with van der Waals surface area (Å²) in [6, 6.07) is 5.48. The lowest BCUT2D eigenvalue weighted by atomic mass is 9.98. The van der Waals surface area contributed by atoms with Crippen LogP contribution in [0, 0.1) is 5.82 Å². The first-order valence-corrected chi connectivity index (χ1v) is 14.3. The Bertz CT molecular complexity index is 1350. The molecule has 4 rings (SSSR count). The third-order valence-electron chi connectivity index (χ3n) is 7.72. The summed E-state index contributed by atoms with van der Waals surface area (Å²) in [7, 11) is 3.79. The van der Waals surface area contributed by atoms with Gasteiger partial charge in [-0.25, -0.2) is 9.18 Å². The number of amides is 3. The fourth-order valence-corrected chi connectivity index (χ4v) is 5.52. The number of alkyl halides is 6. The number of halogens is 7. The highest BCUT2D eigenvalue weighted by molar-refractivity contribution is 5.90. The zero-order valence-electron chi connectivity index (χ0n) is 24.6. The smallest absolute Gasteiger partial charge is 0.416 e. The zero-order chi connectivity index (χ0) is 33.1. The number of piperazine rings is 1. The van der Waals surface area contributed by atoms with Gasteiger partial charge in [0.15, 0.2) is 0 Å².